The molecular formula is C14H14N2O3S. The van der Waals surface area contributed by atoms with Gasteiger partial charge in [-0.05, 0) is 41.4 Å². The largest absolute Gasteiger partial charge is 0.479 e. The normalized spacial score (nSPS) is 11.7. The average Bonchev–Trinajstić information content (AvgIpc) is 2.92. The van der Waals surface area contributed by atoms with Crippen molar-refractivity contribution in [1.29, 1.82) is 0 Å². The second kappa shape index (κ2) is 6.21. The van der Waals surface area contributed by atoms with E-state index in [4.69, 9.17) is 5.11 Å². The minimum absolute atomic E-state index is 0.549. The number of aryl methyl sites for hydroxylation is 1. The van der Waals surface area contributed by atoms with Crippen molar-refractivity contribution in [3.8, 4) is 0 Å². The number of aliphatic carboxylic acids is 1. The number of urea groups is 1. The highest BCUT2D eigenvalue weighted by molar-refractivity contribution is 7.08. The highest BCUT2D eigenvalue weighted by atomic mass is 32.1. The number of hydrogen-bond acceptors (Lipinski definition) is 3. The van der Waals surface area contributed by atoms with Crippen LogP contribution in [0.4, 0.5) is 10.5 Å². The summed E-state index contributed by atoms with van der Waals surface area (Å²) in [6, 6.07) is 7.33. The van der Waals surface area contributed by atoms with Gasteiger partial charge in [0.25, 0.3) is 0 Å². The first kappa shape index (κ1) is 14.1. The Morgan fingerprint density at radius 3 is 2.45 bits per heavy atom. The Kier molecular flexibility index (Phi) is 4.37. The van der Waals surface area contributed by atoms with Gasteiger partial charge in [-0.15, -0.1) is 0 Å². The van der Waals surface area contributed by atoms with E-state index in [0.717, 1.165) is 5.56 Å². The van der Waals surface area contributed by atoms with E-state index < -0.39 is 18.0 Å². The monoisotopic (exact) mass is 290 g/mol. The van der Waals surface area contributed by atoms with Crippen molar-refractivity contribution in [3.05, 3.63) is 52.2 Å². The van der Waals surface area contributed by atoms with Crippen LogP contribution >= 0.6 is 11.3 Å². The van der Waals surface area contributed by atoms with Crippen LogP contribution in [-0.4, -0.2) is 17.1 Å². The Hall–Kier alpha value is -2.34. The Bertz CT molecular complexity index is 593. The van der Waals surface area contributed by atoms with Gasteiger partial charge in [0.2, 0.25) is 0 Å². The fraction of sp³-hybridized carbons (Fsp3) is 0.143. The standard InChI is InChI=1S/C14H14N2O3S/c1-9-2-4-11(5-3-9)15-14(19)16-12(13(17)18)10-6-7-20-8-10/h2-8,12H,1H3,(H,17,18)(H2,15,16,19)/t12-/m0/s1. The molecule has 0 bridgehead atoms. The maximum absolute atomic E-state index is 11.8. The van der Waals surface area contributed by atoms with Crippen LogP contribution in [0.5, 0.6) is 0 Å². The maximum Gasteiger partial charge on any atom is 0.330 e. The van der Waals surface area contributed by atoms with Gasteiger partial charge in [-0.25, -0.2) is 9.59 Å². The number of hydrogen-bond donors (Lipinski definition) is 3. The molecule has 3 N–H and O–H groups in total. The fourth-order valence-electron chi connectivity index (χ4n) is 1.66. The summed E-state index contributed by atoms with van der Waals surface area (Å²) in [6.07, 6.45) is 0. The summed E-state index contributed by atoms with van der Waals surface area (Å²) in [5, 5.41) is 17.7. The first-order valence-electron chi connectivity index (χ1n) is 5.95. The van der Waals surface area contributed by atoms with Crippen LogP contribution in [0, 0.1) is 6.92 Å². The minimum atomic E-state index is -1.09. The lowest BCUT2D eigenvalue weighted by Crippen LogP contribution is -2.36. The number of anilines is 1. The van der Waals surface area contributed by atoms with Crippen LogP contribution in [0.15, 0.2) is 41.1 Å². The van der Waals surface area contributed by atoms with Crippen LogP contribution in [0.1, 0.15) is 17.2 Å². The lowest BCUT2D eigenvalue weighted by molar-refractivity contribution is -0.139. The van der Waals surface area contributed by atoms with Crippen LogP contribution < -0.4 is 10.6 Å². The molecule has 1 aromatic carbocycles. The zero-order valence-corrected chi connectivity index (χ0v) is 11.6. The molecule has 1 aromatic heterocycles. The first-order chi connectivity index (χ1) is 9.56. The van der Waals surface area contributed by atoms with Gasteiger partial charge in [0.15, 0.2) is 6.04 Å². The number of nitrogens with one attached hydrogen (secondary N) is 2. The van der Waals surface area contributed by atoms with E-state index in [1.807, 2.05) is 19.1 Å². The molecule has 104 valence electrons. The molecule has 20 heavy (non-hydrogen) atoms. The van der Waals surface area contributed by atoms with Crippen LogP contribution in [0.25, 0.3) is 0 Å². The van der Waals surface area contributed by atoms with Gasteiger partial charge in [0.1, 0.15) is 0 Å². The van der Waals surface area contributed by atoms with Gasteiger partial charge in [0.05, 0.1) is 0 Å². The molecule has 1 heterocycles. The number of amides is 2. The van der Waals surface area contributed by atoms with Crippen molar-refractivity contribution in [1.82, 2.24) is 5.32 Å². The average molecular weight is 290 g/mol. The zero-order valence-electron chi connectivity index (χ0n) is 10.8. The van der Waals surface area contributed by atoms with E-state index in [9.17, 15) is 9.59 Å². The Labute approximate surface area is 120 Å². The molecule has 0 saturated carbocycles. The van der Waals surface area contributed by atoms with E-state index in [-0.39, 0.29) is 0 Å². The van der Waals surface area contributed by atoms with Crippen molar-refractivity contribution in [2.45, 2.75) is 13.0 Å². The van der Waals surface area contributed by atoms with Gasteiger partial charge in [-0.1, -0.05) is 17.7 Å². The van der Waals surface area contributed by atoms with Gasteiger partial charge < -0.3 is 15.7 Å². The quantitative estimate of drug-likeness (QED) is 0.810. The molecule has 2 rings (SSSR count). The summed E-state index contributed by atoms with van der Waals surface area (Å²) in [6.45, 7) is 1.95. The van der Waals surface area contributed by atoms with Gasteiger partial charge >= 0.3 is 12.0 Å². The molecule has 0 aliphatic heterocycles. The molecule has 0 aliphatic rings. The second-order valence-electron chi connectivity index (χ2n) is 4.29. The van der Waals surface area contributed by atoms with E-state index in [1.54, 1.807) is 29.0 Å². The molecule has 2 aromatic rings. The highest BCUT2D eigenvalue weighted by Crippen LogP contribution is 2.17. The number of carboxylic acids is 1. The molecule has 0 fully saturated rings. The van der Waals surface area contributed by atoms with Gasteiger partial charge in [0, 0.05) is 5.69 Å². The van der Waals surface area contributed by atoms with E-state index >= 15 is 0 Å². The summed E-state index contributed by atoms with van der Waals surface area (Å²) in [7, 11) is 0. The third-order valence-electron chi connectivity index (χ3n) is 2.71. The third-order valence-corrected chi connectivity index (χ3v) is 3.41. The lowest BCUT2D eigenvalue weighted by atomic mass is 10.1. The van der Waals surface area contributed by atoms with Crippen LogP contribution in [0.3, 0.4) is 0 Å². The number of carbonyl (C=O) groups is 2. The summed E-state index contributed by atoms with van der Waals surface area (Å²) in [4.78, 5) is 23.0. The van der Waals surface area contributed by atoms with Crippen molar-refractivity contribution >= 4 is 29.0 Å². The number of rotatable bonds is 4. The third kappa shape index (κ3) is 3.58. The van der Waals surface area contributed by atoms with Crippen molar-refractivity contribution in [2.75, 3.05) is 5.32 Å². The molecule has 0 saturated heterocycles. The second-order valence-corrected chi connectivity index (χ2v) is 5.07. The zero-order chi connectivity index (χ0) is 14.5. The predicted octanol–water partition coefficient (Wildman–Crippen LogP) is 3.00. The number of carboxylic acid groups (broad SMARTS) is 1. The fourth-order valence-corrected chi connectivity index (χ4v) is 2.35. The van der Waals surface area contributed by atoms with E-state index in [1.165, 1.54) is 11.3 Å². The summed E-state index contributed by atoms with van der Waals surface area (Å²) >= 11 is 1.38. The summed E-state index contributed by atoms with van der Waals surface area (Å²) in [5.74, 6) is -1.09. The lowest BCUT2D eigenvalue weighted by Gasteiger charge is -2.14. The highest BCUT2D eigenvalue weighted by Gasteiger charge is 2.22. The summed E-state index contributed by atoms with van der Waals surface area (Å²) < 4.78 is 0. The predicted molar refractivity (Wildman–Crippen MR) is 78.0 cm³/mol. The Morgan fingerprint density at radius 2 is 1.90 bits per heavy atom. The molecule has 0 radical (unpaired) electrons. The number of thiophene rings is 1. The molecule has 0 spiro atoms. The van der Waals surface area contributed by atoms with Crippen molar-refractivity contribution in [3.63, 3.8) is 0 Å². The van der Waals surface area contributed by atoms with Gasteiger partial charge in [-0.2, -0.15) is 11.3 Å². The molecular weight excluding hydrogens is 276 g/mol. The van der Waals surface area contributed by atoms with Crippen molar-refractivity contribution in [2.24, 2.45) is 0 Å². The first-order valence-corrected chi connectivity index (χ1v) is 6.89. The molecule has 0 unspecified atom stereocenters. The van der Waals surface area contributed by atoms with Crippen molar-refractivity contribution < 1.29 is 14.7 Å². The Morgan fingerprint density at radius 1 is 1.20 bits per heavy atom. The molecule has 1 atom stereocenters. The molecule has 0 aliphatic carbocycles. The topological polar surface area (TPSA) is 78.4 Å². The maximum atomic E-state index is 11.8. The molecule has 2 amide bonds. The molecule has 6 heteroatoms. The van der Waals surface area contributed by atoms with Gasteiger partial charge in [-0.3, -0.25) is 0 Å². The minimum Gasteiger partial charge on any atom is -0.479 e. The smallest absolute Gasteiger partial charge is 0.330 e. The number of carbonyl (C=O) groups excluding carboxylic acids is 1. The van der Waals surface area contributed by atoms with Crippen LogP contribution in [-0.2, 0) is 4.79 Å². The van der Waals surface area contributed by atoms with Crippen LogP contribution in [0.2, 0.25) is 0 Å². The Balaban J connectivity index is 2.02. The van der Waals surface area contributed by atoms with E-state index in [0.29, 0.717) is 11.3 Å². The van der Waals surface area contributed by atoms with E-state index in [2.05, 4.69) is 10.6 Å². The summed E-state index contributed by atoms with van der Waals surface area (Å²) in [5.41, 5.74) is 2.25. The number of benzene rings is 1. The SMILES string of the molecule is Cc1ccc(NC(=O)N[C@H](C(=O)O)c2ccsc2)cc1. The molecule has 5 nitrogen and oxygen atoms in total.